The average Bonchev–Trinajstić information content (AvgIpc) is 3.20. The molecule has 0 saturated heterocycles. The normalized spacial score (nSPS) is 13.1. The minimum Gasteiger partial charge on any atom is -0.458 e. The maximum Gasteiger partial charge on any atom is 0.425 e. The van der Waals surface area contributed by atoms with Crippen LogP contribution in [0.3, 0.4) is 0 Å². The van der Waals surface area contributed by atoms with Crippen molar-refractivity contribution in [2.45, 2.75) is 25.7 Å². The second-order valence-corrected chi connectivity index (χ2v) is 6.60. The number of nitrogens with zero attached hydrogens (tertiary/aromatic N) is 2. The van der Waals surface area contributed by atoms with E-state index < -0.39 is 52.3 Å². The van der Waals surface area contributed by atoms with Gasteiger partial charge in [-0.25, -0.2) is 23.5 Å². The van der Waals surface area contributed by atoms with Crippen LogP contribution in [0, 0.1) is 11.6 Å². The number of halogens is 5. The maximum atomic E-state index is 14.2. The molecule has 0 saturated carbocycles. The molecule has 1 atom stereocenters. The molecule has 33 heavy (non-hydrogen) atoms. The lowest BCUT2D eigenvalue weighted by atomic mass is 10.1. The number of benzene rings is 1. The Morgan fingerprint density at radius 2 is 1.91 bits per heavy atom. The highest BCUT2D eigenvalue weighted by Crippen LogP contribution is 2.30. The lowest BCUT2D eigenvalue weighted by Gasteiger charge is -2.16. The molecule has 1 amide bonds. The topological polar surface area (TPSA) is 120 Å². The molecule has 0 aliphatic carbocycles. The van der Waals surface area contributed by atoms with Crippen LogP contribution < -0.4 is 11.1 Å². The fourth-order valence-electron chi connectivity index (χ4n) is 2.67. The number of nitrogens with two attached hydrogens (primary N) is 1. The van der Waals surface area contributed by atoms with Crippen LogP contribution in [0.5, 0.6) is 0 Å². The van der Waals surface area contributed by atoms with Gasteiger partial charge in [0.15, 0.2) is 29.1 Å². The minimum atomic E-state index is -4.86. The van der Waals surface area contributed by atoms with Crippen LogP contribution in [0.25, 0.3) is 16.5 Å². The number of amides is 1. The number of nitrogens with one attached hydrogen (secondary N) is 1. The molecule has 1 unspecified atom stereocenters. The summed E-state index contributed by atoms with van der Waals surface area (Å²) in [6.07, 6.45) is -3.62. The van der Waals surface area contributed by atoms with Crippen molar-refractivity contribution in [3.8, 4) is 0 Å². The molecule has 3 aromatic rings. The number of rotatable bonds is 6. The summed E-state index contributed by atoms with van der Waals surface area (Å²) in [5.74, 6) is -5.30. The van der Waals surface area contributed by atoms with Crippen LogP contribution >= 0.6 is 0 Å². The number of hydrogen-bond acceptors (Lipinski definition) is 7. The largest absolute Gasteiger partial charge is 0.458 e. The van der Waals surface area contributed by atoms with Gasteiger partial charge >= 0.3 is 12.1 Å². The van der Waals surface area contributed by atoms with Crippen molar-refractivity contribution in [3.63, 3.8) is 0 Å². The zero-order chi connectivity index (χ0) is 24.3. The van der Waals surface area contributed by atoms with E-state index in [0.29, 0.717) is 13.0 Å². The zero-order valence-corrected chi connectivity index (χ0v) is 16.7. The molecule has 2 heterocycles. The molecule has 0 spiro atoms. The molecule has 0 bridgehead atoms. The molecule has 0 aliphatic rings. The third kappa shape index (κ3) is 5.07. The van der Waals surface area contributed by atoms with E-state index in [9.17, 15) is 31.5 Å². The van der Waals surface area contributed by atoms with Gasteiger partial charge < -0.3 is 20.2 Å². The van der Waals surface area contributed by atoms with Gasteiger partial charge in [-0.3, -0.25) is 4.79 Å². The predicted octanol–water partition coefficient (Wildman–Crippen LogP) is 3.22. The lowest BCUT2D eigenvalue weighted by molar-refractivity contribution is -0.198. The van der Waals surface area contributed by atoms with Gasteiger partial charge in [0.25, 0.3) is 5.91 Å². The third-order valence-corrected chi connectivity index (χ3v) is 4.35. The van der Waals surface area contributed by atoms with Crippen LogP contribution in [0.2, 0.25) is 0 Å². The molecule has 13 heteroatoms. The molecular formula is C20H15F5N4O4. The van der Waals surface area contributed by atoms with Crippen molar-refractivity contribution < 1.29 is 40.7 Å². The molecule has 1 aromatic carbocycles. The first-order valence-electron chi connectivity index (χ1n) is 9.18. The fourth-order valence-corrected chi connectivity index (χ4v) is 2.67. The number of fused-ring (bicyclic) bond motifs is 1. The van der Waals surface area contributed by atoms with Crippen LogP contribution in [0.1, 0.15) is 28.9 Å². The number of alkyl halides is 3. The van der Waals surface area contributed by atoms with Gasteiger partial charge in [-0.2, -0.15) is 13.2 Å². The van der Waals surface area contributed by atoms with Gasteiger partial charge in [-0.15, -0.1) is 0 Å². The van der Waals surface area contributed by atoms with Crippen molar-refractivity contribution in [2.75, 3.05) is 0 Å². The summed E-state index contributed by atoms with van der Waals surface area (Å²) in [6.45, 7) is 0.212. The van der Waals surface area contributed by atoms with E-state index in [1.807, 2.05) is 0 Å². The molecule has 3 N–H and O–H groups in total. The second-order valence-electron chi connectivity index (χ2n) is 6.60. The van der Waals surface area contributed by atoms with Crippen molar-refractivity contribution in [1.29, 1.82) is 0 Å². The Morgan fingerprint density at radius 1 is 1.24 bits per heavy atom. The zero-order valence-electron chi connectivity index (χ0n) is 16.7. The Hall–Kier alpha value is -4.03. The molecule has 3 rings (SSSR count). The predicted molar refractivity (Wildman–Crippen MR) is 103 cm³/mol. The SMILES string of the molecule is CC(OC(=O)c1cc(F)c(F)c2cc(CNC(=O)/C(=C/N)c3ncccn3)oc12)C(F)(F)F. The average molecular weight is 470 g/mol. The van der Waals surface area contributed by atoms with Crippen molar-refractivity contribution in [2.24, 2.45) is 5.73 Å². The number of furan rings is 1. The quantitative estimate of drug-likeness (QED) is 0.322. The Balaban J connectivity index is 1.86. The fraction of sp³-hybridized carbons (Fsp3) is 0.200. The molecule has 174 valence electrons. The summed E-state index contributed by atoms with van der Waals surface area (Å²) in [7, 11) is 0. The Morgan fingerprint density at radius 3 is 2.52 bits per heavy atom. The van der Waals surface area contributed by atoms with Crippen molar-refractivity contribution >= 4 is 28.4 Å². The molecule has 2 aromatic heterocycles. The standard InChI is InChI=1S/C20H15F5N4O4/c1-9(20(23,24)25)32-19(31)12-6-14(21)15(22)11-5-10(33-16(11)12)8-29-18(30)13(7-26)17-27-3-2-4-28-17/h2-7,9H,8,26H2,1H3,(H,29,30)/b13-7+. The van der Waals surface area contributed by atoms with Crippen molar-refractivity contribution in [3.05, 3.63) is 65.6 Å². The number of ether oxygens (including phenoxy) is 1. The van der Waals surface area contributed by atoms with E-state index in [4.69, 9.17) is 10.2 Å². The summed E-state index contributed by atoms with van der Waals surface area (Å²) >= 11 is 0. The van der Waals surface area contributed by atoms with E-state index in [1.54, 1.807) is 0 Å². The van der Waals surface area contributed by atoms with E-state index in [1.165, 1.54) is 18.5 Å². The van der Waals surface area contributed by atoms with Gasteiger partial charge in [-0.1, -0.05) is 0 Å². The van der Waals surface area contributed by atoms with Gasteiger partial charge in [0.1, 0.15) is 11.3 Å². The van der Waals surface area contributed by atoms with E-state index in [-0.39, 0.29) is 23.7 Å². The molecule has 0 aliphatic heterocycles. The highest BCUT2D eigenvalue weighted by atomic mass is 19.4. The number of hydrogen-bond donors (Lipinski definition) is 2. The summed E-state index contributed by atoms with van der Waals surface area (Å²) in [6, 6.07) is 2.88. The Bertz CT molecular complexity index is 1220. The van der Waals surface area contributed by atoms with E-state index in [2.05, 4.69) is 20.0 Å². The molecule has 0 fully saturated rings. The molecule has 8 nitrogen and oxygen atoms in total. The van der Waals surface area contributed by atoms with Gasteiger partial charge in [-0.05, 0) is 25.1 Å². The third-order valence-electron chi connectivity index (χ3n) is 4.35. The first kappa shape index (κ1) is 23.6. The number of carbonyl (C=O) groups excluding carboxylic acids is 2. The van der Waals surface area contributed by atoms with Crippen LogP contribution in [-0.2, 0) is 16.1 Å². The highest BCUT2D eigenvalue weighted by molar-refractivity contribution is 6.18. The molecular weight excluding hydrogens is 455 g/mol. The highest BCUT2D eigenvalue weighted by Gasteiger charge is 2.40. The van der Waals surface area contributed by atoms with Gasteiger partial charge in [0.05, 0.1) is 17.5 Å². The number of carbonyl (C=O) groups is 2. The summed E-state index contributed by atoms with van der Waals surface area (Å²) in [5.41, 5.74) is 4.06. The maximum absolute atomic E-state index is 14.2. The van der Waals surface area contributed by atoms with Crippen LogP contribution in [0.4, 0.5) is 22.0 Å². The van der Waals surface area contributed by atoms with Gasteiger partial charge in [0.2, 0.25) is 0 Å². The first-order chi connectivity index (χ1) is 15.5. The Labute approximate surface area is 182 Å². The lowest BCUT2D eigenvalue weighted by Crippen LogP contribution is -2.31. The second kappa shape index (κ2) is 9.22. The number of esters is 1. The summed E-state index contributed by atoms with van der Waals surface area (Å²) in [5, 5.41) is 1.88. The first-order valence-corrected chi connectivity index (χ1v) is 9.18. The summed E-state index contributed by atoms with van der Waals surface area (Å²) < 4.78 is 75.8. The van der Waals surface area contributed by atoms with Crippen LogP contribution in [-0.4, -0.2) is 34.1 Å². The molecule has 0 radical (unpaired) electrons. The minimum absolute atomic E-state index is 0.0269. The smallest absolute Gasteiger partial charge is 0.425 e. The van der Waals surface area contributed by atoms with Gasteiger partial charge in [0, 0.05) is 18.6 Å². The Kier molecular flexibility index (Phi) is 6.60. The van der Waals surface area contributed by atoms with Crippen LogP contribution in [0.15, 0.2) is 41.2 Å². The monoisotopic (exact) mass is 470 g/mol. The van der Waals surface area contributed by atoms with Crippen molar-refractivity contribution in [1.82, 2.24) is 15.3 Å². The van der Waals surface area contributed by atoms with E-state index >= 15 is 0 Å². The summed E-state index contributed by atoms with van der Waals surface area (Å²) in [4.78, 5) is 32.3. The van der Waals surface area contributed by atoms with E-state index in [0.717, 1.165) is 12.3 Å². The number of aromatic nitrogens is 2.